The van der Waals surface area contributed by atoms with Crippen molar-refractivity contribution in [2.45, 2.75) is 32.2 Å². The number of benzene rings is 3. The molecule has 0 amide bonds. The quantitative estimate of drug-likeness (QED) is 0.453. The van der Waals surface area contributed by atoms with E-state index in [1.54, 1.807) is 6.92 Å². The van der Waals surface area contributed by atoms with Crippen molar-refractivity contribution in [3.63, 3.8) is 0 Å². The second-order valence-corrected chi connectivity index (χ2v) is 9.58. The van der Waals surface area contributed by atoms with E-state index in [2.05, 4.69) is 56.3 Å². The lowest BCUT2D eigenvalue weighted by Crippen LogP contribution is -2.53. The van der Waals surface area contributed by atoms with Gasteiger partial charge < -0.3 is 0 Å². The van der Waals surface area contributed by atoms with Crippen molar-refractivity contribution in [2.24, 2.45) is 10.2 Å². The lowest BCUT2D eigenvalue weighted by molar-refractivity contribution is -0.110. The summed E-state index contributed by atoms with van der Waals surface area (Å²) in [5, 5.41) is 14.2. The van der Waals surface area contributed by atoms with E-state index >= 15 is 0 Å². The molecule has 0 aromatic heterocycles. The first kappa shape index (κ1) is 22.2. The molecule has 0 bridgehead atoms. The van der Waals surface area contributed by atoms with Gasteiger partial charge in [0.1, 0.15) is 0 Å². The summed E-state index contributed by atoms with van der Waals surface area (Å²) in [4.78, 5) is 11.6. The van der Waals surface area contributed by atoms with Crippen LogP contribution in [0.2, 0.25) is 0 Å². The van der Waals surface area contributed by atoms with Crippen molar-refractivity contribution in [1.82, 2.24) is 0 Å². The number of hydrogen-bond acceptors (Lipinski definition) is 6. The largest absolute Gasteiger partial charge is 0.292 e. The van der Waals surface area contributed by atoms with E-state index < -0.39 is 4.99 Å². The number of carbonyl (C=O) groups is 1. The van der Waals surface area contributed by atoms with Crippen molar-refractivity contribution in [3.8, 4) is 0 Å². The van der Waals surface area contributed by atoms with Gasteiger partial charge in [0, 0.05) is 12.5 Å². The Labute approximate surface area is 204 Å². The second-order valence-electron chi connectivity index (χ2n) is 8.39. The molecular formula is C28H26N4OS. The van der Waals surface area contributed by atoms with Crippen molar-refractivity contribution in [2.75, 3.05) is 10.0 Å². The fraction of sp³-hybridized carbons (Fsp3) is 0.179. The van der Waals surface area contributed by atoms with E-state index in [1.807, 2.05) is 58.6 Å². The average molecular weight is 467 g/mol. The fourth-order valence-corrected chi connectivity index (χ4v) is 5.18. The number of thioether (sulfide) groups is 1. The molecule has 0 radical (unpaired) electrons. The highest BCUT2D eigenvalue weighted by Crippen LogP contribution is 2.47. The summed E-state index contributed by atoms with van der Waals surface area (Å²) >= 11 is 1.41. The zero-order valence-electron chi connectivity index (χ0n) is 19.5. The summed E-state index contributed by atoms with van der Waals surface area (Å²) in [5.41, 5.74) is 6.16. The van der Waals surface area contributed by atoms with Gasteiger partial charge in [0.2, 0.25) is 4.99 Å². The second kappa shape index (κ2) is 8.95. The van der Waals surface area contributed by atoms with Gasteiger partial charge in [0.15, 0.2) is 10.8 Å². The fourth-order valence-electron chi connectivity index (χ4n) is 4.02. The van der Waals surface area contributed by atoms with Gasteiger partial charge in [0.25, 0.3) is 0 Å². The van der Waals surface area contributed by atoms with Crippen LogP contribution in [0.3, 0.4) is 0 Å². The normalized spacial score (nSPS) is 19.4. The number of hydrogen-bond donors (Lipinski definition) is 0. The molecule has 2 heterocycles. The molecule has 170 valence electrons. The van der Waals surface area contributed by atoms with Crippen LogP contribution >= 0.6 is 11.8 Å². The Morgan fingerprint density at radius 2 is 1.53 bits per heavy atom. The van der Waals surface area contributed by atoms with Crippen LogP contribution in [0, 0.1) is 6.92 Å². The number of para-hydroxylation sites is 1. The number of carbonyl (C=O) groups excluding carboxylic acids is 1. The Bertz CT molecular complexity index is 1300. The number of nitrogens with zero attached hydrogens (tertiary/aromatic N) is 4. The Balaban J connectivity index is 1.65. The number of ketones is 1. The summed E-state index contributed by atoms with van der Waals surface area (Å²) in [5.74, 6) is -0.0645. The number of rotatable bonds is 5. The number of Topliss-reactive ketones (excluding diaryl/α,β-unsaturated/α-hetero) is 1. The number of anilines is 2. The zero-order chi connectivity index (χ0) is 23.7. The van der Waals surface area contributed by atoms with Gasteiger partial charge in [-0.15, -0.1) is 0 Å². The van der Waals surface area contributed by atoms with Gasteiger partial charge in [-0.3, -0.25) is 4.79 Å². The van der Waals surface area contributed by atoms with Crippen LogP contribution in [-0.4, -0.2) is 21.5 Å². The molecule has 0 fully saturated rings. The lowest BCUT2D eigenvalue weighted by Gasteiger charge is -2.43. The molecule has 0 saturated carbocycles. The molecule has 6 heteroatoms. The van der Waals surface area contributed by atoms with Crippen LogP contribution in [0.15, 0.2) is 101 Å². The molecule has 1 atom stereocenters. The van der Waals surface area contributed by atoms with Gasteiger partial charge in [0.05, 0.1) is 17.1 Å². The minimum Gasteiger partial charge on any atom is -0.292 e. The number of aryl methyl sites for hydroxylation is 2. The van der Waals surface area contributed by atoms with Crippen molar-refractivity contribution in [3.05, 3.63) is 108 Å². The first-order chi connectivity index (χ1) is 16.5. The van der Waals surface area contributed by atoms with E-state index in [1.165, 1.54) is 17.3 Å². The van der Waals surface area contributed by atoms with E-state index in [9.17, 15) is 4.79 Å². The topological polar surface area (TPSA) is 48.3 Å². The molecule has 0 unspecified atom stereocenters. The van der Waals surface area contributed by atoms with Gasteiger partial charge >= 0.3 is 0 Å². The molecule has 0 N–H and O–H groups in total. The van der Waals surface area contributed by atoms with Gasteiger partial charge in [-0.25, -0.2) is 10.0 Å². The molecular weight excluding hydrogens is 440 g/mol. The maximum absolute atomic E-state index is 12.4. The lowest BCUT2D eigenvalue weighted by atomic mass is 10.0. The van der Waals surface area contributed by atoms with E-state index in [-0.39, 0.29) is 5.78 Å². The Kier molecular flexibility index (Phi) is 5.84. The van der Waals surface area contributed by atoms with Crippen LogP contribution in [0.4, 0.5) is 11.4 Å². The molecule has 5 rings (SSSR count). The Morgan fingerprint density at radius 3 is 2.18 bits per heavy atom. The smallest absolute Gasteiger partial charge is 0.227 e. The van der Waals surface area contributed by atoms with E-state index in [0.717, 1.165) is 34.6 Å². The van der Waals surface area contributed by atoms with Gasteiger partial charge in [-0.2, -0.15) is 10.2 Å². The molecule has 34 heavy (non-hydrogen) atoms. The maximum Gasteiger partial charge on any atom is 0.227 e. The standard InChI is InChI=1S/C28H26N4OS/c1-4-22-12-14-23(15-13-22)26-18-19-28(31(29-26)24-8-6-5-7-9-24)32(30-27(34-28)21(3)33)25-16-10-20(2)11-17-25/h5-19H,4H2,1-3H3/t28-/m1/s1. The summed E-state index contributed by atoms with van der Waals surface area (Å²) in [6, 6.07) is 26.7. The Hall–Kier alpha value is -3.64. The van der Waals surface area contributed by atoms with Crippen LogP contribution in [-0.2, 0) is 11.2 Å². The SMILES string of the molecule is CCc1ccc(C2=NN(c3ccccc3)[C@@]3(C=C2)SC(C(C)=O)=NN3c2ccc(C)cc2)cc1. The highest BCUT2D eigenvalue weighted by molar-refractivity contribution is 8.17. The third-order valence-corrected chi connectivity index (χ3v) is 7.29. The Morgan fingerprint density at radius 1 is 0.882 bits per heavy atom. The van der Waals surface area contributed by atoms with Crippen molar-refractivity contribution >= 4 is 39.7 Å². The predicted molar refractivity (Wildman–Crippen MR) is 143 cm³/mol. The number of allylic oxidation sites excluding steroid dienone is 1. The molecule has 3 aromatic carbocycles. The van der Waals surface area contributed by atoms with Crippen molar-refractivity contribution in [1.29, 1.82) is 0 Å². The molecule has 0 saturated heterocycles. The molecule has 2 aliphatic heterocycles. The van der Waals surface area contributed by atoms with E-state index in [4.69, 9.17) is 10.2 Å². The maximum atomic E-state index is 12.4. The van der Waals surface area contributed by atoms with Gasteiger partial charge in [-0.1, -0.05) is 67.1 Å². The third kappa shape index (κ3) is 3.94. The van der Waals surface area contributed by atoms with Crippen LogP contribution in [0.1, 0.15) is 30.5 Å². The minimum atomic E-state index is -0.843. The van der Waals surface area contributed by atoms with Crippen LogP contribution in [0.25, 0.3) is 0 Å². The predicted octanol–water partition coefficient (Wildman–Crippen LogP) is 6.15. The third-order valence-electron chi connectivity index (χ3n) is 5.95. The van der Waals surface area contributed by atoms with Crippen molar-refractivity contribution < 1.29 is 4.79 Å². The average Bonchev–Trinajstić information content (AvgIpc) is 3.25. The summed E-state index contributed by atoms with van der Waals surface area (Å²) in [6.07, 6.45) is 5.13. The zero-order valence-corrected chi connectivity index (χ0v) is 20.3. The first-order valence-corrected chi connectivity index (χ1v) is 12.2. The summed E-state index contributed by atoms with van der Waals surface area (Å²) in [7, 11) is 0. The molecule has 0 aliphatic carbocycles. The van der Waals surface area contributed by atoms with Crippen LogP contribution < -0.4 is 10.0 Å². The summed E-state index contributed by atoms with van der Waals surface area (Å²) < 4.78 is 0. The van der Waals surface area contributed by atoms with Gasteiger partial charge in [-0.05, 0) is 67.1 Å². The molecule has 1 spiro atoms. The molecule has 3 aromatic rings. The number of hydrazone groups is 2. The summed E-state index contributed by atoms with van der Waals surface area (Å²) in [6.45, 7) is 5.76. The molecule has 2 aliphatic rings. The van der Waals surface area contributed by atoms with E-state index in [0.29, 0.717) is 5.04 Å². The minimum absolute atomic E-state index is 0.0645. The van der Waals surface area contributed by atoms with Crippen LogP contribution in [0.5, 0.6) is 0 Å². The first-order valence-electron chi connectivity index (χ1n) is 11.4. The highest BCUT2D eigenvalue weighted by atomic mass is 32.2. The molecule has 5 nitrogen and oxygen atoms in total. The monoisotopic (exact) mass is 466 g/mol. The highest BCUT2D eigenvalue weighted by Gasteiger charge is 2.50.